The van der Waals surface area contributed by atoms with Crippen molar-refractivity contribution in [2.45, 2.75) is 19.4 Å². The van der Waals surface area contributed by atoms with Gasteiger partial charge in [-0.1, -0.05) is 41.9 Å². The fraction of sp³-hybridized carbons (Fsp3) is 0.200. The second kappa shape index (κ2) is 10.4. The van der Waals surface area contributed by atoms with Crippen molar-refractivity contribution in [3.8, 4) is 0 Å². The van der Waals surface area contributed by atoms with Gasteiger partial charge in [-0.25, -0.2) is 9.18 Å². The van der Waals surface area contributed by atoms with Gasteiger partial charge in [-0.05, 0) is 54.8 Å². The third-order valence-electron chi connectivity index (χ3n) is 5.42. The largest absolute Gasteiger partial charge is 0.371 e. The molecule has 0 bridgehead atoms. The van der Waals surface area contributed by atoms with Gasteiger partial charge in [0.25, 0.3) is 5.91 Å². The lowest BCUT2D eigenvalue weighted by molar-refractivity contribution is 0.0951. The molecule has 3 aromatic carbocycles. The van der Waals surface area contributed by atoms with Gasteiger partial charge in [0.05, 0.1) is 10.6 Å². The van der Waals surface area contributed by atoms with Crippen LogP contribution in [0.5, 0.6) is 0 Å². The number of amides is 3. The van der Waals surface area contributed by atoms with Crippen molar-refractivity contribution in [1.29, 1.82) is 0 Å². The lowest BCUT2D eigenvalue weighted by atomic mass is 10.1. The summed E-state index contributed by atoms with van der Waals surface area (Å²) in [5.41, 5.74) is 3.16. The monoisotopic (exact) mass is 466 g/mol. The molecule has 3 amide bonds. The molecule has 0 radical (unpaired) electrons. The molecule has 1 aliphatic rings. The number of hydrogen-bond acceptors (Lipinski definition) is 3. The van der Waals surface area contributed by atoms with Gasteiger partial charge in [-0.2, -0.15) is 0 Å². The average molecular weight is 467 g/mol. The molecule has 1 fully saturated rings. The Morgan fingerprint density at radius 1 is 0.909 bits per heavy atom. The van der Waals surface area contributed by atoms with Crippen LogP contribution in [0, 0.1) is 5.82 Å². The van der Waals surface area contributed by atoms with Gasteiger partial charge in [0.15, 0.2) is 0 Å². The van der Waals surface area contributed by atoms with E-state index in [2.05, 4.69) is 20.9 Å². The van der Waals surface area contributed by atoms with Crippen LogP contribution in [0.25, 0.3) is 0 Å². The molecule has 170 valence electrons. The Balaban J connectivity index is 1.50. The van der Waals surface area contributed by atoms with Crippen molar-refractivity contribution in [1.82, 2.24) is 5.32 Å². The molecule has 6 nitrogen and oxygen atoms in total. The van der Waals surface area contributed by atoms with Crippen LogP contribution >= 0.6 is 11.6 Å². The van der Waals surface area contributed by atoms with Gasteiger partial charge in [0, 0.05) is 36.7 Å². The highest BCUT2D eigenvalue weighted by molar-refractivity contribution is 6.31. The van der Waals surface area contributed by atoms with Crippen LogP contribution in [0.3, 0.4) is 0 Å². The van der Waals surface area contributed by atoms with E-state index in [1.54, 1.807) is 12.1 Å². The summed E-state index contributed by atoms with van der Waals surface area (Å²) >= 11 is 5.77. The molecule has 33 heavy (non-hydrogen) atoms. The lowest BCUT2D eigenvalue weighted by Crippen LogP contribution is -2.27. The van der Waals surface area contributed by atoms with Gasteiger partial charge in [-0.15, -0.1) is 0 Å². The van der Waals surface area contributed by atoms with Crippen LogP contribution in [-0.4, -0.2) is 25.0 Å². The number of benzene rings is 3. The molecule has 0 unspecified atom stereocenters. The number of nitrogens with one attached hydrogen (secondary N) is 3. The molecule has 0 aromatic heterocycles. The summed E-state index contributed by atoms with van der Waals surface area (Å²) in [6.07, 6.45) is 2.15. The molecule has 8 heteroatoms. The van der Waals surface area contributed by atoms with Crippen LogP contribution in [-0.2, 0) is 6.54 Å². The minimum absolute atomic E-state index is 0.0832. The number of halogens is 2. The standard InChI is InChI=1S/C25H24ClFN4O2/c26-21-15-19(8-10-22(21)27)30-25(33)29-18-9-11-23(31-12-4-5-13-31)20(14-18)24(32)28-16-17-6-2-1-3-7-17/h1-3,6-11,14-15H,4-5,12-13,16H2,(H,28,32)(H2,29,30,33). The van der Waals surface area contributed by atoms with Crippen molar-refractivity contribution in [2.24, 2.45) is 0 Å². The normalized spacial score (nSPS) is 13.0. The van der Waals surface area contributed by atoms with Crippen molar-refractivity contribution in [3.63, 3.8) is 0 Å². The second-order valence-electron chi connectivity index (χ2n) is 7.80. The first kappa shape index (κ1) is 22.6. The van der Waals surface area contributed by atoms with Crippen molar-refractivity contribution >= 4 is 40.6 Å². The Kier molecular flexibility index (Phi) is 7.10. The van der Waals surface area contributed by atoms with E-state index in [9.17, 15) is 14.0 Å². The highest BCUT2D eigenvalue weighted by atomic mass is 35.5. The van der Waals surface area contributed by atoms with Crippen molar-refractivity contribution < 1.29 is 14.0 Å². The first-order valence-electron chi connectivity index (χ1n) is 10.7. The molecular weight excluding hydrogens is 443 g/mol. The first-order valence-corrected chi connectivity index (χ1v) is 11.1. The Morgan fingerprint density at radius 3 is 2.27 bits per heavy atom. The average Bonchev–Trinajstić information content (AvgIpc) is 3.35. The van der Waals surface area contributed by atoms with Crippen molar-refractivity contribution in [2.75, 3.05) is 28.6 Å². The predicted molar refractivity (Wildman–Crippen MR) is 130 cm³/mol. The summed E-state index contributed by atoms with van der Waals surface area (Å²) < 4.78 is 13.3. The molecule has 3 aromatic rings. The summed E-state index contributed by atoms with van der Waals surface area (Å²) in [4.78, 5) is 27.7. The molecular formula is C25H24ClFN4O2. The number of nitrogens with zero attached hydrogens (tertiary/aromatic N) is 1. The summed E-state index contributed by atoms with van der Waals surface area (Å²) in [5, 5.41) is 8.22. The Labute approximate surface area is 196 Å². The fourth-order valence-corrected chi connectivity index (χ4v) is 3.95. The lowest BCUT2D eigenvalue weighted by Gasteiger charge is -2.22. The number of anilines is 3. The number of urea groups is 1. The van der Waals surface area contributed by atoms with Gasteiger partial charge in [0.2, 0.25) is 0 Å². The summed E-state index contributed by atoms with van der Waals surface area (Å²) in [6, 6.07) is 18.4. The van der Waals surface area contributed by atoms with Gasteiger partial charge in [0.1, 0.15) is 5.82 Å². The second-order valence-corrected chi connectivity index (χ2v) is 8.21. The molecule has 1 saturated heterocycles. The van der Waals surface area contributed by atoms with E-state index in [-0.39, 0.29) is 10.9 Å². The summed E-state index contributed by atoms with van der Waals surface area (Å²) in [7, 11) is 0. The SMILES string of the molecule is O=C(Nc1ccc(F)c(Cl)c1)Nc1ccc(N2CCCC2)c(C(=O)NCc2ccccc2)c1. The van der Waals surface area contributed by atoms with E-state index in [0.717, 1.165) is 37.2 Å². The summed E-state index contributed by atoms with van der Waals surface area (Å²) in [5.74, 6) is -0.776. The maximum Gasteiger partial charge on any atom is 0.323 e. The molecule has 0 atom stereocenters. The maximum absolute atomic E-state index is 13.3. The van der Waals surface area contributed by atoms with Crippen LogP contribution in [0.2, 0.25) is 5.02 Å². The minimum Gasteiger partial charge on any atom is -0.371 e. The number of carbonyl (C=O) groups is 2. The van der Waals surface area contributed by atoms with Crippen LogP contribution in [0.1, 0.15) is 28.8 Å². The highest BCUT2D eigenvalue weighted by Gasteiger charge is 2.20. The molecule has 4 rings (SSSR count). The number of hydrogen-bond donors (Lipinski definition) is 3. The van der Waals surface area contributed by atoms with Gasteiger partial charge < -0.3 is 20.9 Å². The van der Waals surface area contributed by atoms with Crippen LogP contribution in [0.15, 0.2) is 66.7 Å². The predicted octanol–water partition coefficient (Wildman–Crippen LogP) is 5.65. The third kappa shape index (κ3) is 5.81. The topological polar surface area (TPSA) is 73.5 Å². The van der Waals surface area contributed by atoms with Gasteiger partial charge >= 0.3 is 6.03 Å². The molecule has 1 aliphatic heterocycles. The smallest absolute Gasteiger partial charge is 0.323 e. The quantitative estimate of drug-likeness (QED) is 0.439. The fourth-order valence-electron chi connectivity index (χ4n) is 3.77. The molecule has 0 saturated carbocycles. The molecule has 0 spiro atoms. The van der Waals surface area contributed by atoms with Gasteiger partial charge in [-0.3, -0.25) is 4.79 Å². The van der Waals surface area contributed by atoms with Crippen molar-refractivity contribution in [3.05, 3.63) is 88.7 Å². The molecule has 1 heterocycles. The van der Waals surface area contributed by atoms with E-state index in [1.807, 2.05) is 36.4 Å². The molecule has 0 aliphatic carbocycles. The first-order chi connectivity index (χ1) is 16.0. The zero-order chi connectivity index (χ0) is 23.2. The minimum atomic E-state index is -0.564. The van der Waals surface area contributed by atoms with E-state index in [0.29, 0.717) is 23.5 Å². The Hall–Kier alpha value is -3.58. The highest BCUT2D eigenvalue weighted by Crippen LogP contribution is 2.28. The van der Waals surface area contributed by atoms with E-state index < -0.39 is 11.8 Å². The number of carbonyl (C=O) groups excluding carboxylic acids is 2. The molecule has 3 N–H and O–H groups in total. The van der Waals surface area contributed by atoms with Crippen LogP contribution in [0.4, 0.5) is 26.2 Å². The van der Waals surface area contributed by atoms with E-state index >= 15 is 0 Å². The summed E-state index contributed by atoms with van der Waals surface area (Å²) in [6.45, 7) is 2.18. The Bertz CT molecular complexity index is 1150. The third-order valence-corrected chi connectivity index (χ3v) is 5.71. The number of rotatable bonds is 6. The van der Waals surface area contributed by atoms with Crippen LogP contribution < -0.4 is 20.9 Å². The Morgan fingerprint density at radius 2 is 1.58 bits per heavy atom. The van der Waals surface area contributed by atoms with E-state index in [4.69, 9.17) is 11.6 Å². The zero-order valence-electron chi connectivity index (χ0n) is 17.9. The van der Waals surface area contributed by atoms with E-state index in [1.165, 1.54) is 18.2 Å². The zero-order valence-corrected chi connectivity index (χ0v) is 18.7. The maximum atomic E-state index is 13.3.